The van der Waals surface area contributed by atoms with Crippen LogP contribution in [0.4, 0.5) is 0 Å². The van der Waals surface area contributed by atoms with Gasteiger partial charge in [0.15, 0.2) is 0 Å². The van der Waals surface area contributed by atoms with E-state index in [1.807, 2.05) is 31.2 Å². The lowest BCUT2D eigenvalue weighted by Gasteiger charge is -2.31. The fourth-order valence-corrected chi connectivity index (χ4v) is 2.25. The lowest BCUT2D eigenvalue weighted by molar-refractivity contribution is 0.0884. The van der Waals surface area contributed by atoms with Gasteiger partial charge < -0.3 is 20.3 Å². The van der Waals surface area contributed by atoms with Crippen LogP contribution >= 0.6 is 0 Å². The third-order valence-electron chi connectivity index (χ3n) is 3.64. The molecule has 0 saturated heterocycles. The van der Waals surface area contributed by atoms with E-state index in [1.54, 1.807) is 7.11 Å². The van der Waals surface area contributed by atoms with Crippen molar-refractivity contribution in [2.45, 2.75) is 45.4 Å². The quantitative estimate of drug-likeness (QED) is 0.683. The molecular formula is C16H27NO3. The molecule has 0 bridgehead atoms. The van der Waals surface area contributed by atoms with Crippen LogP contribution in [0.25, 0.3) is 0 Å². The molecule has 0 aliphatic carbocycles. The number of aliphatic hydroxyl groups excluding tert-OH is 2. The van der Waals surface area contributed by atoms with Gasteiger partial charge in [0, 0.05) is 12.1 Å². The van der Waals surface area contributed by atoms with Crippen LogP contribution in [0.15, 0.2) is 24.3 Å². The van der Waals surface area contributed by atoms with Gasteiger partial charge in [-0.25, -0.2) is 0 Å². The van der Waals surface area contributed by atoms with Crippen LogP contribution in [0.2, 0.25) is 0 Å². The summed E-state index contributed by atoms with van der Waals surface area (Å²) in [7, 11) is 1.61. The number of methoxy groups -OCH3 is 1. The van der Waals surface area contributed by atoms with Crippen LogP contribution in [-0.4, -0.2) is 36.0 Å². The predicted octanol–water partition coefficient (Wildman–Crippen LogP) is 2.11. The third-order valence-corrected chi connectivity index (χ3v) is 3.64. The van der Waals surface area contributed by atoms with Gasteiger partial charge in [-0.15, -0.1) is 0 Å². The Bertz CT molecular complexity index is 391. The number of rotatable bonds is 8. The highest BCUT2D eigenvalue weighted by atomic mass is 16.5. The van der Waals surface area contributed by atoms with E-state index in [-0.39, 0.29) is 24.6 Å². The van der Waals surface area contributed by atoms with Crippen molar-refractivity contribution in [2.24, 2.45) is 5.92 Å². The van der Waals surface area contributed by atoms with Gasteiger partial charge in [-0.2, -0.15) is 0 Å². The Hall–Kier alpha value is -1.10. The minimum Gasteiger partial charge on any atom is -0.497 e. The number of benzene rings is 1. The molecule has 1 aromatic carbocycles. The van der Waals surface area contributed by atoms with Crippen LogP contribution in [0.1, 0.15) is 38.9 Å². The van der Waals surface area contributed by atoms with E-state index < -0.39 is 6.10 Å². The predicted molar refractivity (Wildman–Crippen MR) is 80.9 cm³/mol. The molecule has 0 amide bonds. The SMILES string of the molecule is CCC(CO)NC(C(C)C)C(O)c1cccc(OC)c1. The Morgan fingerprint density at radius 1 is 1.30 bits per heavy atom. The highest BCUT2D eigenvalue weighted by Crippen LogP contribution is 2.25. The van der Waals surface area contributed by atoms with Gasteiger partial charge >= 0.3 is 0 Å². The monoisotopic (exact) mass is 281 g/mol. The number of nitrogens with one attached hydrogen (secondary N) is 1. The molecule has 0 fully saturated rings. The average Bonchev–Trinajstić information content (AvgIpc) is 2.47. The Balaban J connectivity index is 2.89. The first-order valence-electron chi connectivity index (χ1n) is 7.22. The lowest BCUT2D eigenvalue weighted by atomic mass is 9.92. The maximum absolute atomic E-state index is 10.6. The second kappa shape index (κ2) is 8.25. The Kier molecular flexibility index (Phi) is 6.99. The van der Waals surface area contributed by atoms with Gasteiger partial charge in [-0.3, -0.25) is 0 Å². The first-order chi connectivity index (χ1) is 9.53. The Labute approximate surface area is 121 Å². The average molecular weight is 281 g/mol. The van der Waals surface area contributed by atoms with E-state index in [1.165, 1.54) is 0 Å². The van der Waals surface area contributed by atoms with Gasteiger partial charge in [-0.05, 0) is 30.0 Å². The highest BCUT2D eigenvalue weighted by Gasteiger charge is 2.26. The van der Waals surface area contributed by atoms with E-state index >= 15 is 0 Å². The largest absolute Gasteiger partial charge is 0.497 e. The smallest absolute Gasteiger partial charge is 0.119 e. The topological polar surface area (TPSA) is 61.7 Å². The van der Waals surface area contributed by atoms with E-state index in [9.17, 15) is 10.2 Å². The van der Waals surface area contributed by atoms with E-state index in [0.29, 0.717) is 0 Å². The summed E-state index contributed by atoms with van der Waals surface area (Å²) < 4.78 is 5.20. The van der Waals surface area contributed by atoms with Gasteiger partial charge in [0.1, 0.15) is 5.75 Å². The van der Waals surface area contributed by atoms with Crippen molar-refractivity contribution < 1.29 is 14.9 Å². The second-order valence-electron chi connectivity index (χ2n) is 5.45. The van der Waals surface area contributed by atoms with Crippen LogP contribution in [0.3, 0.4) is 0 Å². The molecule has 0 aliphatic heterocycles. The molecule has 3 N–H and O–H groups in total. The van der Waals surface area contributed by atoms with Gasteiger partial charge in [0.05, 0.1) is 19.8 Å². The summed E-state index contributed by atoms with van der Waals surface area (Å²) in [6.07, 6.45) is 0.190. The molecule has 0 heterocycles. The minimum atomic E-state index is -0.634. The zero-order valence-corrected chi connectivity index (χ0v) is 12.8. The molecule has 1 aromatic rings. The zero-order chi connectivity index (χ0) is 15.1. The zero-order valence-electron chi connectivity index (χ0n) is 12.8. The first kappa shape index (κ1) is 17.0. The Morgan fingerprint density at radius 2 is 2.00 bits per heavy atom. The number of aliphatic hydroxyl groups is 2. The minimum absolute atomic E-state index is 0.00246. The molecule has 0 spiro atoms. The molecule has 3 unspecified atom stereocenters. The van der Waals surface area contributed by atoms with Gasteiger partial charge in [0.2, 0.25) is 0 Å². The molecule has 4 heteroatoms. The number of ether oxygens (including phenoxy) is 1. The Morgan fingerprint density at radius 3 is 2.50 bits per heavy atom. The molecular weight excluding hydrogens is 254 g/mol. The summed E-state index contributed by atoms with van der Waals surface area (Å²) in [5.41, 5.74) is 0.823. The van der Waals surface area contributed by atoms with Crippen LogP contribution in [0.5, 0.6) is 5.75 Å². The second-order valence-corrected chi connectivity index (χ2v) is 5.45. The van der Waals surface area contributed by atoms with Gasteiger partial charge in [0.25, 0.3) is 0 Å². The van der Waals surface area contributed by atoms with Crippen molar-refractivity contribution in [1.82, 2.24) is 5.32 Å². The molecule has 114 valence electrons. The summed E-state index contributed by atoms with van der Waals surface area (Å²) in [6.45, 7) is 6.21. The normalized spacial score (nSPS) is 15.9. The molecule has 20 heavy (non-hydrogen) atoms. The molecule has 4 nitrogen and oxygen atoms in total. The summed E-state index contributed by atoms with van der Waals surface area (Å²) in [5.74, 6) is 0.982. The fourth-order valence-electron chi connectivity index (χ4n) is 2.25. The maximum atomic E-state index is 10.6. The van der Waals surface area contributed by atoms with Crippen molar-refractivity contribution in [1.29, 1.82) is 0 Å². The third kappa shape index (κ3) is 4.47. The highest BCUT2D eigenvalue weighted by molar-refractivity contribution is 5.30. The summed E-state index contributed by atoms with van der Waals surface area (Å²) in [6, 6.07) is 7.36. The van der Waals surface area contributed by atoms with Crippen molar-refractivity contribution in [3.05, 3.63) is 29.8 Å². The van der Waals surface area contributed by atoms with E-state index in [0.717, 1.165) is 17.7 Å². The van der Waals surface area contributed by atoms with Crippen LogP contribution < -0.4 is 10.1 Å². The van der Waals surface area contributed by atoms with Crippen molar-refractivity contribution in [2.75, 3.05) is 13.7 Å². The summed E-state index contributed by atoms with van der Waals surface area (Å²) >= 11 is 0. The summed E-state index contributed by atoms with van der Waals surface area (Å²) in [4.78, 5) is 0. The molecule has 1 rings (SSSR count). The van der Waals surface area contributed by atoms with E-state index in [2.05, 4.69) is 19.2 Å². The summed E-state index contributed by atoms with van der Waals surface area (Å²) in [5, 5.41) is 23.3. The van der Waals surface area contributed by atoms with E-state index in [4.69, 9.17) is 4.74 Å². The first-order valence-corrected chi connectivity index (χ1v) is 7.22. The molecule has 0 aliphatic rings. The van der Waals surface area contributed by atoms with Crippen molar-refractivity contribution in [3.8, 4) is 5.75 Å². The van der Waals surface area contributed by atoms with Crippen LogP contribution in [-0.2, 0) is 0 Å². The van der Waals surface area contributed by atoms with Crippen molar-refractivity contribution in [3.63, 3.8) is 0 Å². The number of hydrogen-bond acceptors (Lipinski definition) is 4. The number of hydrogen-bond donors (Lipinski definition) is 3. The lowest BCUT2D eigenvalue weighted by Crippen LogP contribution is -2.46. The van der Waals surface area contributed by atoms with Crippen molar-refractivity contribution >= 4 is 0 Å². The molecule has 0 aromatic heterocycles. The van der Waals surface area contributed by atoms with Gasteiger partial charge in [-0.1, -0.05) is 32.9 Å². The molecule has 3 atom stereocenters. The standard InChI is InChI=1S/C16H27NO3/c1-5-13(10-18)17-15(11(2)3)16(19)12-7-6-8-14(9-12)20-4/h6-9,11,13,15-19H,5,10H2,1-4H3. The fraction of sp³-hybridized carbons (Fsp3) is 0.625. The van der Waals surface area contributed by atoms with Crippen LogP contribution in [0, 0.1) is 5.92 Å². The molecule has 0 saturated carbocycles. The maximum Gasteiger partial charge on any atom is 0.119 e. The molecule has 0 radical (unpaired) electrons.